The highest BCUT2D eigenvalue weighted by Crippen LogP contribution is 2.29. The standard InChI is InChI=1S/C19H22F3NO3/c1-13(9-14-3-6-16(24)7-4-14)23-11-15-5-8-17(18(10-15)25-2)26-12-19(20,21)22/h3-8,10,13,23-24H,9,11-12H2,1-2H3. The van der Waals surface area contributed by atoms with Crippen molar-refractivity contribution in [2.24, 2.45) is 0 Å². The molecule has 0 aromatic heterocycles. The van der Waals surface area contributed by atoms with Crippen LogP contribution in [-0.2, 0) is 13.0 Å². The van der Waals surface area contributed by atoms with Gasteiger partial charge in [-0.1, -0.05) is 18.2 Å². The minimum atomic E-state index is -4.39. The maximum absolute atomic E-state index is 12.3. The van der Waals surface area contributed by atoms with Gasteiger partial charge in [0.15, 0.2) is 18.1 Å². The lowest BCUT2D eigenvalue weighted by atomic mass is 10.1. The molecule has 142 valence electrons. The summed E-state index contributed by atoms with van der Waals surface area (Å²) in [6.45, 7) is 1.21. The lowest BCUT2D eigenvalue weighted by Crippen LogP contribution is -2.27. The molecule has 1 unspecified atom stereocenters. The van der Waals surface area contributed by atoms with E-state index in [9.17, 15) is 18.3 Å². The molecule has 0 aliphatic carbocycles. The average Bonchev–Trinajstić information content (AvgIpc) is 2.59. The van der Waals surface area contributed by atoms with Crippen LogP contribution in [0.2, 0.25) is 0 Å². The number of methoxy groups -OCH3 is 1. The molecule has 0 amide bonds. The smallest absolute Gasteiger partial charge is 0.422 e. The zero-order valence-corrected chi connectivity index (χ0v) is 14.6. The molecule has 2 N–H and O–H groups in total. The highest BCUT2D eigenvalue weighted by Gasteiger charge is 2.29. The first-order valence-corrected chi connectivity index (χ1v) is 8.14. The van der Waals surface area contributed by atoms with E-state index in [1.807, 2.05) is 19.1 Å². The summed E-state index contributed by atoms with van der Waals surface area (Å²) in [5, 5.41) is 12.6. The molecule has 0 aliphatic rings. The van der Waals surface area contributed by atoms with Gasteiger partial charge in [0, 0.05) is 12.6 Å². The summed E-state index contributed by atoms with van der Waals surface area (Å²) in [6, 6.07) is 12.0. The number of ether oxygens (including phenoxy) is 2. The maximum atomic E-state index is 12.3. The third-order valence-corrected chi connectivity index (χ3v) is 3.75. The largest absolute Gasteiger partial charge is 0.508 e. The van der Waals surface area contributed by atoms with Gasteiger partial charge >= 0.3 is 6.18 Å². The van der Waals surface area contributed by atoms with E-state index in [0.29, 0.717) is 6.54 Å². The molecule has 0 heterocycles. The molecule has 4 nitrogen and oxygen atoms in total. The molecule has 26 heavy (non-hydrogen) atoms. The summed E-state index contributed by atoms with van der Waals surface area (Å²) in [5.41, 5.74) is 1.97. The van der Waals surface area contributed by atoms with Crippen LogP contribution in [0.5, 0.6) is 17.2 Å². The van der Waals surface area contributed by atoms with Gasteiger partial charge in [-0.3, -0.25) is 0 Å². The van der Waals surface area contributed by atoms with Crippen LogP contribution >= 0.6 is 0 Å². The fraction of sp³-hybridized carbons (Fsp3) is 0.368. The molecule has 2 aromatic rings. The molecular formula is C19H22F3NO3. The Labute approximate surface area is 150 Å². The van der Waals surface area contributed by atoms with Gasteiger partial charge in [0.25, 0.3) is 0 Å². The van der Waals surface area contributed by atoms with Crippen molar-refractivity contribution < 1.29 is 27.8 Å². The van der Waals surface area contributed by atoms with Crippen LogP contribution in [0.3, 0.4) is 0 Å². The van der Waals surface area contributed by atoms with E-state index in [0.717, 1.165) is 17.5 Å². The van der Waals surface area contributed by atoms with Crippen LogP contribution in [0.25, 0.3) is 0 Å². The predicted octanol–water partition coefficient (Wildman–Crippen LogP) is 4.06. The van der Waals surface area contributed by atoms with Crippen molar-refractivity contribution in [3.05, 3.63) is 53.6 Å². The number of aromatic hydroxyl groups is 1. The molecule has 0 aliphatic heterocycles. The van der Waals surface area contributed by atoms with E-state index in [4.69, 9.17) is 9.47 Å². The number of phenols is 1. The number of alkyl halides is 3. The Hall–Kier alpha value is -2.41. The van der Waals surface area contributed by atoms with Crippen molar-refractivity contribution in [3.63, 3.8) is 0 Å². The molecule has 2 aromatic carbocycles. The number of nitrogens with one attached hydrogen (secondary N) is 1. The van der Waals surface area contributed by atoms with Crippen LogP contribution in [0, 0.1) is 0 Å². The van der Waals surface area contributed by atoms with Gasteiger partial charge < -0.3 is 19.9 Å². The first kappa shape index (κ1) is 19.9. The van der Waals surface area contributed by atoms with Crippen LogP contribution in [-0.4, -0.2) is 31.0 Å². The van der Waals surface area contributed by atoms with E-state index in [2.05, 4.69) is 5.32 Å². The number of benzene rings is 2. The van der Waals surface area contributed by atoms with Gasteiger partial charge in [-0.2, -0.15) is 13.2 Å². The Bertz CT molecular complexity index is 702. The fourth-order valence-corrected chi connectivity index (χ4v) is 2.45. The molecular weight excluding hydrogens is 347 g/mol. The maximum Gasteiger partial charge on any atom is 0.422 e. The lowest BCUT2D eigenvalue weighted by Gasteiger charge is -2.16. The van der Waals surface area contributed by atoms with Gasteiger partial charge in [0.1, 0.15) is 5.75 Å². The van der Waals surface area contributed by atoms with Crippen molar-refractivity contribution >= 4 is 0 Å². The minimum absolute atomic E-state index is 0.0608. The second-order valence-corrected chi connectivity index (χ2v) is 6.04. The van der Waals surface area contributed by atoms with Crippen molar-refractivity contribution in [1.29, 1.82) is 0 Å². The molecule has 1 atom stereocenters. The Morgan fingerprint density at radius 2 is 1.69 bits per heavy atom. The van der Waals surface area contributed by atoms with Crippen molar-refractivity contribution in [3.8, 4) is 17.2 Å². The zero-order valence-electron chi connectivity index (χ0n) is 14.6. The van der Waals surface area contributed by atoms with Crippen LogP contribution in [0.1, 0.15) is 18.1 Å². The molecule has 0 bridgehead atoms. The number of halogens is 3. The summed E-state index contributed by atoms with van der Waals surface area (Å²) in [4.78, 5) is 0. The number of rotatable bonds is 8. The minimum Gasteiger partial charge on any atom is -0.508 e. The molecule has 0 fully saturated rings. The summed E-state index contributed by atoms with van der Waals surface area (Å²) >= 11 is 0. The number of hydrogen-bond donors (Lipinski definition) is 2. The molecule has 7 heteroatoms. The predicted molar refractivity (Wildman–Crippen MR) is 92.7 cm³/mol. The number of phenolic OH excluding ortho intramolecular Hbond substituents is 1. The summed E-state index contributed by atoms with van der Waals surface area (Å²) in [5.74, 6) is 0.555. The quantitative estimate of drug-likeness (QED) is 0.737. The Morgan fingerprint density at radius 3 is 2.31 bits per heavy atom. The number of hydrogen-bond acceptors (Lipinski definition) is 4. The van der Waals surface area contributed by atoms with E-state index in [-0.39, 0.29) is 23.3 Å². The van der Waals surface area contributed by atoms with Crippen LogP contribution in [0.4, 0.5) is 13.2 Å². The Morgan fingerprint density at radius 1 is 1.04 bits per heavy atom. The first-order chi connectivity index (χ1) is 12.3. The summed E-state index contributed by atoms with van der Waals surface area (Å²) < 4.78 is 46.7. The highest BCUT2D eigenvalue weighted by molar-refractivity contribution is 5.43. The van der Waals surface area contributed by atoms with Gasteiger partial charge in [0.05, 0.1) is 7.11 Å². The normalized spacial score (nSPS) is 12.7. The van der Waals surface area contributed by atoms with E-state index in [1.54, 1.807) is 24.3 Å². The van der Waals surface area contributed by atoms with Crippen molar-refractivity contribution in [2.75, 3.05) is 13.7 Å². The van der Waals surface area contributed by atoms with E-state index >= 15 is 0 Å². The van der Waals surface area contributed by atoms with Crippen LogP contribution in [0.15, 0.2) is 42.5 Å². The fourth-order valence-electron chi connectivity index (χ4n) is 2.45. The SMILES string of the molecule is COc1cc(CNC(C)Cc2ccc(O)cc2)ccc1OCC(F)(F)F. The van der Waals surface area contributed by atoms with Crippen molar-refractivity contribution in [2.45, 2.75) is 32.1 Å². The topological polar surface area (TPSA) is 50.7 Å². The van der Waals surface area contributed by atoms with E-state index < -0.39 is 12.8 Å². The third-order valence-electron chi connectivity index (χ3n) is 3.75. The second kappa shape index (κ2) is 8.80. The zero-order chi connectivity index (χ0) is 19.2. The third kappa shape index (κ3) is 6.48. The Kier molecular flexibility index (Phi) is 6.74. The molecule has 0 radical (unpaired) electrons. The van der Waals surface area contributed by atoms with Crippen LogP contribution < -0.4 is 14.8 Å². The molecule has 2 rings (SSSR count). The molecule has 0 spiro atoms. The molecule has 0 saturated carbocycles. The van der Waals surface area contributed by atoms with E-state index in [1.165, 1.54) is 13.2 Å². The monoisotopic (exact) mass is 369 g/mol. The summed E-state index contributed by atoms with van der Waals surface area (Å²) in [6.07, 6.45) is -3.61. The summed E-state index contributed by atoms with van der Waals surface area (Å²) in [7, 11) is 1.39. The average molecular weight is 369 g/mol. The van der Waals surface area contributed by atoms with Gasteiger partial charge in [-0.25, -0.2) is 0 Å². The lowest BCUT2D eigenvalue weighted by molar-refractivity contribution is -0.153. The first-order valence-electron chi connectivity index (χ1n) is 8.14. The van der Waals surface area contributed by atoms with Gasteiger partial charge in [-0.15, -0.1) is 0 Å². The van der Waals surface area contributed by atoms with Gasteiger partial charge in [-0.05, 0) is 48.7 Å². The van der Waals surface area contributed by atoms with Gasteiger partial charge in [0.2, 0.25) is 0 Å². The highest BCUT2D eigenvalue weighted by atomic mass is 19.4. The Balaban J connectivity index is 1.91. The molecule has 0 saturated heterocycles. The second-order valence-electron chi connectivity index (χ2n) is 6.04. The van der Waals surface area contributed by atoms with Crippen molar-refractivity contribution in [1.82, 2.24) is 5.32 Å².